The Morgan fingerprint density at radius 2 is 1.87 bits per heavy atom. The van der Waals surface area contributed by atoms with Crippen molar-refractivity contribution >= 4 is 27.7 Å². The van der Waals surface area contributed by atoms with Gasteiger partial charge in [0.15, 0.2) is 11.4 Å². The van der Waals surface area contributed by atoms with Gasteiger partial charge in [-0.05, 0) is 43.7 Å². The molecule has 0 radical (unpaired) electrons. The van der Waals surface area contributed by atoms with Crippen LogP contribution in [0.1, 0.15) is 24.2 Å². The largest absolute Gasteiger partial charge is 0.488 e. The van der Waals surface area contributed by atoms with Crippen LogP contribution in [0.15, 0.2) is 57.8 Å². The molecule has 0 aliphatic rings. The summed E-state index contributed by atoms with van der Waals surface area (Å²) in [4.78, 5) is 24.7. The van der Waals surface area contributed by atoms with Crippen LogP contribution in [0.3, 0.4) is 0 Å². The van der Waals surface area contributed by atoms with Crippen LogP contribution < -0.4 is 10.2 Å². The van der Waals surface area contributed by atoms with Gasteiger partial charge >= 0.3 is 0 Å². The molecule has 23 heavy (non-hydrogen) atoms. The summed E-state index contributed by atoms with van der Waals surface area (Å²) in [6.45, 7) is 7.34. The molecule has 0 bridgehead atoms. The lowest BCUT2D eigenvalue weighted by atomic mass is 10.0. The number of ether oxygens (including phenoxy) is 1. The van der Waals surface area contributed by atoms with Crippen molar-refractivity contribution in [1.82, 2.24) is 0 Å². The molecule has 4 heteroatoms. The molecule has 3 rings (SSSR count). The molecule has 0 unspecified atom stereocenters. The third-order valence-corrected chi connectivity index (χ3v) is 3.53. The second-order valence-electron chi connectivity index (χ2n) is 5.54. The van der Waals surface area contributed by atoms with Crippen molar-refractivity contribution in [2.45, 2.75) is 13.8 Å². The van der Waals surface area contributed by atoms with Gasteiger partial charge in [-0.15, -0.1) is 0 Å². The summed E-state index contributed by atoms with van der Waals surface area (Å²) < 4.78 is 11.5. The standard InChI is InChI=1S/C19H16O4/c1-11(2)10-22-16-9-8-14-18(21)13-6-4-5-7-15(13)23-19(14)17(16)12(3)20/h4-9H,1,10H2,2-3H3. The van der Waals surface area contributed by atoms with Crippen LogP contribution in [-0.2, 0) is 0 Å². The first kappa shape index (κ1) is 15.0. The zero-order valence-corrected chi connectivity index (χ0v) is 13.0. The average molecular weight is 308 g/mol. The van der Waals surface area contributed by atoms with E-state index in [0.717, 1.165) is 5.57 Å². The smallest absolute Gasteiger partial charge is 0.200 e. The molecule has 2 aromatic carbocycles. The second kappa shape index (κ2) is 5.72. The normalized spacial score (nSPS) is 10.9. The van der Waals surface area contributed by atoms with Crippen LogP contribution in [-0.4, -0.2) is 12.4 Å². The molecule has 1 heterocycles. The lowest BCUT2D eigenvalue weighted by molar-refractivity contribution is 0.101. The van der Waals surface area contributed by atoms with Crippen molar-refractivity contribution in [2.75, 3.05) is 6.61 Å². The lowest BCUT2D eigenvalue weighted by Gasteiger charge is -2.12. The van der Waals surface area contributed by atoms with E-state index in [4.69, 9.17) is 9.15 Å². The van der Waals surface area contributed by atoms with E-state index < -0.39 is 0 Å². The van der Waals surface area contributed by atoms with Crippen LogP contribution in [0.25, 0.3) is 21.9 Å². The highest BCUT2D eigenvalue weighted by atomic mass is 16.5. The number of fused-ring (bicyclic) bond motifs is 2. The zero-order valence-electron chi connectivity index (χ0n) is 13.0. The maximum atomic E-state index is 12.6. The van der Waals surface area contributed by atoms with E-state index in [1.165, 1.54) is 6.92 Å². The third kappa shape index (κ3) is 2.63. The molecule has 0 spiro atoms. The summed E-state index contributed by atoms with van der Waals surface area (Å²) in [6, 6.07) is 10.2. The minimum atomic E-state index is -0.217. The predicted molar refractivity (Wildman–Crippen MR) is 90.3 cm³/mol. The van der Waals surface area contributed by atoms with Crippen LogP contribution >= 0.6 is 0 Å². The summed E-state index contributed by atoms with van der Waals surface area (Å²) in [5.41, 5.74) is 1.67. The first-order valence-electron chi connectivity index (χ1n) is 7.25. The first-order chi connectivity index (χ1) is 11.0. The van der Waals surface area contributed by atoms with Crippen LogP contribution in [0.5, 0.6) is 5.75 Å². The lowest BCUT2D eigenvalue weighted by Crippen LogP contribution is -2.08. The minimum Gasteiger partial charge on any atom is -0.488 e. The Morgan fingerprint density at radius 3 is 2.57 bits per heavy atom. The van der Waals surface area contributed by atoms with Gasteiger partial charge in [-0.3, -0.25) is 9.59 Å². The molecule has 3 aromatic rings. The van der Waals surface area contributed by atoms with Gasteiger partial charge in [0.25, 0.3) is 0 Å². The molecule has 1 aromatic heterocycles. The predicted octanol–water partition coefficient (Wildman–Crippen LogP) is 4.10. The van der Waals surface area contributed by atoms with E-state index in [0.29, 0.717) is 28.7 Å². The van der Waals surface area contributed by atoms with Crippen LogP contribution in [0, 0.1) is 0 Å². The molecule has 0 atom stereocenters. The number of Topliss-reactive ketones (excluding diaryl/α,β-unsaturated/α-hetero) is 1. The van der Waals surface area contributed by atoms with Gasteiger partial charge in [-0.1, -0.05) is 18.7 Å². The number of rotatable bonds is 4. The van der Waals surface area contributed by atoms with Crippen molar-refractivity contribution in [1.29, 1.82) is 0 Å². The SMILES string of the molecule is C=C(C)COc1ccc2c(=O)c3ccccc3oc2c1C(C)=O. The summed E-state index contributed by atoms with van der Waals surface area (Å²) in [5.74, 6) is 0.178. The van der Waals surface area contributed by atoms with E-state index in [1.54, 1.807) is 36.4 Å². The fourth-order valence-electron chi connectivity index (χ4n) is 2.50. The summed E-state index contributed by atoms with van der Waals surface area (Å²) in [7, 11) is 0. The first-order valence-corrected chi connectivity index (χ1v) is 7.25. The number of benzene rings is 2. The van der Waals surface area contributed by atoms with Crippen LogP contribution in [0.4, 0.5) is 0 Å². The Hall–Kier alpha value is -2.88. The van der Waals surface area contributed by atoms with Gasteiger partial charge in [-0.25, -0.2) is 0 Å². The maximum absolute atomic E-state index is 12.6. The number of para-hydroxylation sites is 1. The molecule has 0 saturated heterocycles. The van der Waals surface area contributed by atoms with Gasteiger partial charge in [0.05, 0.1) is 10.8 Å². The van der Waals surface area contributed by atoms with E-state index in [2.05, 4.69) is 6.58 Å². The molecular weight excluding hydrogens is 292 g/mol. The molecule has 0 fully saturated rings. The zero-order chi connectivity index (χ0) is 16.6. The number of carbonyl (C=O) groups is 1. The monoisotopic (exact) mass is 308 g/mol. The highest BCUT2D eigenvalue weighted by Crippen LogP contribution is 2.29. The fraction of sp³-hybridized carbons (Fsp3) is 0.158. The van der Waals surface area contributed by atoms with Gasteiger partial charge in [0.2, 0.25) is 5.43 Å². The molecule has 0 saturated carbocycles. The van der Waals surface area contributed by atoms with Crippen LogP contribution in [0.2, 0.25) is 0 Å². The Morgan fingerprint density at radius 1 is 1.13 bits per heavy atom. The van der Waals surface area contributed by atoms with Crippen molar-refractivity contribution in [3.8, 4) is 5.75 Å². The summed E-state index contributed by atoms with van der Waals surface area (Å²) >= 11 is 0. The van der Waals surface area contributed by atoms with Gasteiger partial charge < -0.3 is 9.15 Å². The van der Waals surface area contributed by atoms with E-state index >= 15 is 0 Å². The topological polar surface area (TPSA) is 56.5 Å². The van der Waals surface area contributed by atoms with Gasteiger partial charge in [0.1, 0.15) is 23.5 Å². The Bertz CT molecular complexity index is 995. The number of ketones is 1. The molecule has 116 valence electrons. The molecule has 0 amide bonds. The highest BCUT2D eigenvalue weighted by molar-refractivity contribution is 6.08. The highest BCUT2D eigenvalue weighted by Gasteiger charge is 2.18. The Balaban J connectivity index is 2.35. The summed E-state index contributed by atoms with van der Waals surface area (Å²) in [6.07, 6.45) is 0. The number of carbonyl (C=O) groups excluding carboxylic acids is 1. The summed E-state index contributed by atoms with van der Waals surface area (Å²) in [5, 5.41) is 0.863. The average Bonchev–Trinajstić information content (AvgIpc) is 2.52. The molecule has 0 aliphatic carbocycles. The van der Waals surface area contributed by atoms with E-state index in [1.807, 2.05) is 6.92 Å². The van der Waals surface area contributed by atoms with Gasteiger partial charge in [-0.2, -0.15) is 0 Å². The quantitative estimate of drug-likeness (QED) is 0.413. The van der Waals surface area contributed by atoms with Crippen molar-refractivity contribution < 1.29 is 13.9 Å². The molecule has 0 aliphatic heterocycles. The molecule has 4 nitrogen and oxygen atoms in total. The number of hydrogen-bond acceptors (Lipinski definition) is 4. The molecular formula is C19H16O4. The minimum absolute atomic E-state index is 0.157. The third-order valence-electron chi connectivity index (χ3n) is 3.53. The molecule has 0 N–H and O–H groups in total. The maximum Gasteiger partial charge on any atom is 0.200 e. The Labute approximate surface area is 133 Å². The fourth-order valence-corrected chi connectivity index (χ4v) is 2.50. The number of hydrogen-bond donors (Lipinski definition) is 0. The van der Waals surface area contributed by atoms with Crippen molar-refractivity contribution in [2.24, 2.45) is 0 Å². The van der Waals surface area contributed by atoms with Crippen molar-refractivity contribution in [3.05, 3.63) is 64.3 Å². The van der Waals surface area contributed by atoms with E-state index in [9.17, 15) is 9.59 Å². The van der Waals surface area contributed by atoms with Crippen molar-refractivity contribution in [3.63, 3.8) is 0 Å². The second-order valence-corrected chi connectivity index (χ2v) is 5.54. The van der Waals surface area contributed by atoms with Gasteiger partial charge in [0, 0.05) is 0 Å². The Kier molecular flexibility index (Phi) is 3.74. The van der Waals surface area contributed by atoms with E-state index in [-0.39, 0.29) is 22.4 Å².